The van der Waals surface area contributed by atoms with E-state index in [4.69, 9.17) is 0 Å². The van der Waals surface area contributed by atoms with E-state index in [1.807, 2.05) is 24.3 Å². The van der Waals surface area contributed by atoms with E-state index < -0.39 is 5.41 Å². The van der Waals surface area contributed by atoms with Crippen LogP contribution >= 0.6 is 0 Å². The molecule has 4 rings (SSSR count). The third-order valence-electron chi connectivity index (χ3n) is 4.27. The molecule has 0 radical (unpaired) electrons. The fraction of sp³-hybridized carbons (Fsp3) is 0.188. The van der Waals surface area contributed by atoms with E-state index in [9.17, 15) is 4.79 Å². The van der Waals surface area contributed by atoms with Crippen LogP contribution in [0.1, 0.15) is 23.1 Å². The highest BCUT2D eigenvalue weighted by Crippen LogP contribution is 2.50. The van der Waals surface area contributed by atoms with Crippen molar-refractivity contribution in [1.29, 1.82) is 0 Å². The summed E-state index contributed by atoms with van der Waals surface area (Å²) in [6.07, 6.45) is 1.87. The van der Waals surface area contributed by atoms with Gasteiger partial charge in [-0.1, -0.05) is 42.5 Å². The second kappa shape index (κ2) is 3.22. The quantitative estimate of drug-likeness (QED) is 0.747. The minimum atomic E-state index is -0.437. The normalized spacial score (nSPS) is 23.9. The van der Waals surface area contributed by atoms with Gasteiger partial charge in [0.25, 0.3) is 0 Å². The molecule has 0 saturated carbocycles. The number of fused-ring (bicyclic) bond motifs is 4. The van der Waals surface area contributed by atoms with Gasteiger partial charge in [-0.25, -0.2) is 0 Å². The number of nitrogens with one attached hydrogen (secondary N) is 1. The average Bonchev–Trinajstić information content (AvgIpc) is 2.92. The number of para-hydroxylation sites is 1. The highest BCUT2D eigenvalue weighted by molar-refractivity contribution is 6.09. The first-order valence-corrected chi connectivity index (χ1v) is 6.32. The predicted octanol–water partition coefficient (Wildman–Crippen LogP) is 2.87. The lowest BCUT2D eigenvalue weighted by atomic mass is 9.76. The van der Waals surface area contributed by atoms with Gasteiger partial charge in [-0.05, 0) is 35.6 Å². The van der Waals surface area contributed by atoms with Crippen molar-refractivity contribution < 1.29 is 4.79 Å². The Morgan fingerprint density at radius 3 is 2.56 bits per heavy atom. The Labute approximate surface area is 106 Å². The molecule has 2 aromatic rings. The molecule has 18 heavy (non-hydrogen) atoms. The molecule has 1 unspecified atom stereocenters. The fourth-order valence-electron chi connectivity index (χ4n) is 3.44. The Morgan fingerprint density at radius 1 is 0.944 bits per heavy atom. The van der Waals surface area contributed by atoms with Crippen molar-refractivity contribution in [2.24, 2.45) is 0 Å². The molecular weight excluding hydrogens is 222 g/mol. The molecule has 0 fully saturated rings. The van der Waals surface area contributed by atoms with E-state index in [0.29, 0.717) is 0 Å². The summed E-state index contributed by atoms with van der Waals surface area (Å²) in [5.74, 6) is 0.133. The molecule has 2 nitrogen and oxygen atoms in total. The highest BCUT2D eigenvalue weighted by atomic mass is 16.2. The molecule has 1 spiro atoms. The van der Waals surface area contributed by atoms with Crippen molar-refractivity contribution in [3.8, 4) is 0 Å². The van der Waals surface area contributed by atoms with E-state index in [0.717, 1.165) is 24.1 Å². The number of amides is 1. The third-order valence-corrected chi connectivity index (χ3v) is 4.27. The fourth-order valence-corrected chi connectivity index (χ4v) is 3.44. The first kappa shape index (κ1) is 9.89. The molecule has 1 N–H and O–H groups in total. The monoisotopic (exact) mass is 235 g/mol. The second-order valence-corrected chi connectivity index (χ2v) is 5.06. The van der Waals surface area contributed by atoms with Crippen molar-refractivity contribution in [1.82, 2.24) is 0 Å². The molecule has 1 aliphatic carbocycles. The minimum Gasteiger partial charge on any atom is -0.325 e. The Kier molecular flexibility index (Phi) is 1.77. The lowest BCUT2D eigenvalue weighted by molar-refractivity contribution is -0.119. The number of rotatable bonds is 0. The topological polar surface area (TPSA) is 29.1 Å². The number of hydrogen-bond donors (Lipinski definition) is 1. The summed E-state index contributed by atoms with van der Waals surface area (Å²) in [7, 11) is 0. The van der Waals surface area contributed by atoms with Gasteiger partial charge in [-0.15, -0.1) is 0 Å². The van der Waals surface area contributed by atoms with Gasteiger partial charge in [-0.3, -0.25) is 4.79 Å². The Bertz CT molecular complexity index is 649. The van der Waals surface area contributed by atoms with Crippen molar-refractivity contribution in [2.45, 2.75) is 18.3 Å². The number of benzene rings is 2. The molecule has 1 atom stereocenters. The van der Waals surface area contributed by atoms with Gasteiger partial charge < -0.3 is 5.32 Å². The number of carbonyl (C=O) groups excluding carboxylic acids is 1. The Morgan fingerprint density at radius 2 is 1.67 bits per heavy atom. The van der Waals surface area contributed by atoms with E-state index in [1.165, 1.54) is 11.1 Å². The largest absolute Gasteiger partial charge is 0.325 e. The first-order chi connectivity index (χ1) is 8.82. The molecule has 0 bridgehead atoms. The van der Waals surface area contributed by atoms with Crippen LogP contribution in [0.15, 0.2) is 48.5 Å². The first-order valence-electron chi connectivity index (χ1n) is 6.32. The van der Waals surface area contributed by atoms with Crippen LogP contribution in [-0.2, 0) is 16.6 Å². The molecule has 2 aromatic carbocycles. The highest BCUT2D eigenvalue weighted by Gasteiger charge is 2.51. The summed E-state index contributed by atoms with van der Waals surface area (Å²) in [4.78, 5) is 12.5. The SMILES string of the molecule is O=C1Nc2ccccc2C12CCc1ccccc12. The molecular formula is C16H13NO. The van der Waals surface area contributed by atoms with Crippen LogP contribution in [-0.4, -0.2) is 5.91 Å². The van der Waals surface area contributed by atoms with Crippen molar-refractivity contribution in [3.63, 3.8) is 0 Å². The predicted molar refractivity (Wildman–Crippen MR) is 70.6 cm³/mol. The number of carbonyl (C=O) groups is 1. The van der Waals surface area contributed by atoms with Gasteiger partial charge in [0, 0.05) is 5.69 Å². The van der Waals surface area contributed by atoms with E-state index in [-0.39, 0.29) is 5.91 Å². The van der Waals surface area contributed by atoms with Crippen molar-refractivity contribution in [2.75, 3.05) is 5.32 Å². The second-order valence-electron chi connectivity index (χ2n) is 5.06. The van der Waals surface area contributed by atoms with Gasteiger partial charge in [0.15, 0.2) is 0 Å². The van der Waals surface area contributed by atoms with Crippen LogP contribution in [0.4, 0.5) is 5.69 Å². The van der Waals surface area contributed by atoms with E-state index in [2.05, 4.69) is 29.6 Å². The van der Waals surface area contributed by atoms with Gasteiger partial charge in [0.05, 0.1) is 0 Å². The van der Waals surface area contributed by atoms with Gasteiger partial charge in [0.2, 0.25) is 5.91 Å². The number of anilines is 1. The lowest BCUT2D eigenvalue weighted by Crippen LogP contribution is -2.33. The summed E-state index contributed by atoms with van der Waals surface area (Å²) >= 11 is 0. The zero-order valence-corrected chi connectivity index (χ0v) is 9.94. The van der Waals surface area contributed by atoms with Gasteiger partial charge in [0.1, 0.15) is 5.41 Å². The maximum Gasteiger partial charge on any atom is 0.239 e. The van der Waals surface area contributed by atoms with Crippen molar-refractivity contribution in [3.05, 3.63) is 65.2 Å². The average molecular weight is 235 g/mol. The third kappa shape index (κ3) is 1.01. The van der Waals surface area contributed by atoms with E-state index in [1.54, 1.807) is 0 Å². The molecule has 0 aromatic heterocycles. The summed E-state index contributed by atoms with van der Waals surface area (Å²) < 4.78 is 0. The zero-order valence-electron chi connectivity index (χ0n) is 9.94. The molecule has 1 aliphatic heterocycles. The zero-order chi connectivity index (χ0) is 12.2. The minimum absolute atomic E-state index is 0.133. The summed E-state index contributed by atoms with van der Waals surface area (Å²) in [6.45, 7) is 0. The molecule has 2 aliphatic rings. The summed E-state index contributed by atoms with van der Waals surface area (Å²) in [5.41, 5.74) is 4.17. The maximum absolute atomic E-state index is 12.5. The van der Waals surface area contributed by atoms with Crippen LogP contribution in [0.5, 0.6) is 0 Å². The van der Waals surface area contributed by atoms with Crippen LogP contribution in [0.25, 0.3) is 0 Å². The molecule has 88 valence electrons. The van der Waals surface area contributed by atoms with Gasteiger partial charge >= 0.3 is 0 Å². The number of aryl methyl sites for hydroxylation is 1. The Hall–Kier alpha value is -2.09. The van der Waals surface area contributed by atoms with Crippen LogP contribution in [0, 0.1) is 0 Å². The van der Waals surface area contributed by atoms with Crippen molar-refractivity contribution >= 4 is 11.6 Å². The maximum atomic E-state index is 12.5. The van der Waals surface area contributed by atoms with E-state index >= 15 is 0 Å². The van der Waals surface area contributed by atoms with Gasteiger partial charge in [-0.2, -0.15) is 0 Å². The lowest BCUT2D eigenvalue weighted by Gasteiger charge is -2.22. The van der Waals surface area contributed by atoms with Crippen LogP contribution < -0.4 is 5.32 Å². The molecule has 0 saturated heterocycles. The summed E-state index contributed by atoms with van der Waals surface area (Å²) in [6, 6.07) is 16.4. The standard InChI is InChI=1S/C16H13NO/c18-15-16(13-7-3-4-8-14(13)17-15)10-9-11-5-1-2-6-12(11)16/h1-8H,9-10H2,(H,17,18). The summed E-state index contributed by atoms with van der Waals surface area (Å²) in [5, 5.41) is 3.03. The van der Waals surface area contributed by atoms with Crippen LogP contribution in [0.3, 0.4) is 0 Å². The Balaban J connectivity index is 2.04. The molecule has 2 heteroatoms. The van der Waals surface area contributed by atoms with Crippen LogP contribution in [0.2, 0.25) is 0 Å². The molecule has 1 heterocycles. The smallest absolute Gasteiger partial charge is 0.239 e. The molecule has 1 amide bonds. The number of hydrogen-bond acceptors (Lipinski definition) is 1.